The standard InChI is InChI=1S/C14H16N4O2/c1-8-11(13(19)16-7-9-4-5-15-6-9)14(20)18-12(17-8)10-2-3-10/h4-6,10,15H,2-3,7H2,1H3,(H,16,19)(H,17,18,20). The molecular weight excluding hydrogens is 256 g/mol. The molecule has 0 spiro atoms. The highest BCUT2D eigenvalue weighted by Crippen LogP contribution is 2.37. The Morgan fingerprint density at radius 3 is 2.90 bits per heavy atom. The van der Waals surface area contributed by atoms with E-state index in [1.165, 1.54) is 0 Å². The molecule has 2 aromatic heterocycles. The maximum absolute atomic E-state index is 12.1. The quantitative estimate of drug-likeness (QED) is 0.781. The fourth-order valence-electron chi connectivity index (χ4n) is 2.16. The van der Waals surface area contributed by atoms with Gasteiger partial charge < -0.3 is 15.3 Å². The van der Waals surface area contributed by atoms with Crippen molar-refractivity contribution in [1.29, 1.82) is 0 Å². The van der Waals surface area contributed by atoms with E-state index in [1.54, 1.807) is 19.3 Å². The molecule has 3 N–H and O–H groups in total. The second-order valence-corrected chi connectivity index (χ2v) is 5.09. The minimum Gasteiger partial charge on any atom is -0.367 e. The molecule has 0 aliphatic heterocycles. The first-order chi connectivity index (χ1) is 9.65. The normalized spacial score (nSPS) is 14.2. The molecule has 0 unspecified atom stereocenters. The Bertz CT molecular complexity index is 684. The zero-order valence-corrected chi connectivity index (χ0v) is 11.2. The monoisotopic (exact) mass is 272 g/mol. The average molecular weight is 272 g/mol. The van der Waals surface area contributed by atoms with E-state index in [9.17, 15) is 9.59 Å². The van der Waals surface area contributed by atoms with Crippen LogP contribution < -0.4 is 10.9 Å². The maximum Gasteiger partial charge on any atom is 0.264 e. The largest absolute Gasteiger partial charge is 0.367 e. The number of H-pyrrole nitrogens is 2. The minimum absolute atomic E-state index is 0.102. The third kappa shape index (κ3) is 2.49. The Kier molecular flexibility index (Phi) is 3.14. The number of aryl methyl sites for hydroxylation is 1. The molecular formula is C14H16N4O2. The fourth-order valence-corrected chi connectivity index (χ4v) is 2.16. The van der Waals surface area contributed by atoms with Crippen LogP contribution in [0.4, 0.5) is 0 Å². The molecule has 1 saturated carbocycles. The molecule has 20 heavy (non-hydrogen) atoms. The highest BCUT2D eigenvalue weighted by molar-refractivity contribution is 5.94. The van der Waals surface area contributed by atoms with Gasteiger partial charge in [0.2, 0.25) is 0 Å². The van der Waals surface area contributed by atoms with E-state index in [0.717, 1.165) is 18.4 Å². The predicted molar refractivity (Wildman–Crippen MR) is 73.5 cm³/mol. The Hall–Kier alpha value is -2.37. The maximum atomic E-state index is 12.1. The number of amides is 1. The van der Waals surface area contributed by atoms with Gasteiger partial charge in [-0.15, -0.1) is 0 Å². The number of hydrogen-bond acceptors (Lipinski definition) is 3. The van der Waals surface area contributed by atoms with Crippen LogP contribution in [-0.2, 0) is 6.54 Å². The van der Waals surface area contributed by atoms with Gasteiger partial charge in [0.25, 0.3) is 11.5 Å². The van der Waals surface area contributed by atoms with E-state index >= 15 is 0 Å². The Balaban J connectivity index is 1.78. The van der Waals surface area contributed by atoms with Crippen LogP contribution in [-0.4, -0.2) is 20.9 Å². The van der Waals surface area contributed by atoms with Crippen LogP contribution in [0.2, 0.25) is 0 Å². The minimum atomic E-state index is -0.389. The molecule has 2 heterocycles. The second-order valence-electron chi connectivity index (χ2n) is 5.09. The Morgan fingerprint density at radius 1 is 1.50 bits per heavy atom. The van der Waals surface area contributed by atoms with Crippen molar-refractivity contribution in [1.82, 2.24) is 20.3 Å². The molecule has 0 radical (unpaired) electrons. The molecule has 0 bridgehead atoms. The molecule has 1 amide bonds. The molecule has 6 heteroatoms. The number of rotatable bonds is 4. The van der Waals surface area contributed by atoms with Crippen molar-refractivity contribution in [2.24, 2.45) is 0 Å². The van der Waals surface area contributed by atoms with E-state index < -0.39 is 0 Å². The number of nitrogens with zero attached hydrogens (tertiary/aromatic N) is 1. The summed E-state index contributed by atoms with van der Waals surface area (Å²) in [6.07, 6.45) is 5.69. The molecule has 0 atom stereocenters. The van der Waals surface area contributed by atoms with Gasteiger partial charge in [0.1, 0.15) is 11.4 Å². The first-order valence-corrected chi connectivity index (χ1v) is 6.66. The second kappa shape index (κ2) is 4.96. The molecule has 104 valence electrons. The van der Waals surface area contributed by atoms with Gasteiger partial charge in [-0.25, -0.2) is 4.98 Å². The first-order valence-electron chi connectivity index (χ1n) is 6.66. The molecule has 3 rings (SSSR count). The molecule has 1 aliphatic carbocycles. The third-order valence-electron chi connectivity index (χ3n) is 3.43. The van der Waals surface area contributed by atoms with Crippen LogP contribution in [0.1, 0.15) is 46.2 Å². The van der Waals surface area contributed by atoms with Gasteiger partial charge in [0.15, 0.2) is 0 Å². The predicted octanol–water partition coefficient (Wildman–Crippen LogP) is 1.21. The lowest BCUT2D eigenvalue weighted by atomic mass is 10.2. The van der Waals surface area contributed by atoms with Gasteiger partial charge in [-0.3, -0.25) is 9.59 Å². The smallest absolute Gasteiger partial charge is 0.264 e. The van der Waals surface area contributed by atoms with Crippen molar-refractivity contribution in [2.75, 3.05) is 0 Å². The SMILES string of the molecule is Cc1nc(C2CC2)[nH]c(=O)c1C(=O)NCc1cc[nH]c1. The lowest BCUT2D eigenvalue weighted by Gasteiger charge is -2.07. The van der Waals surface area contributed by atoms with Gasteiger partial charge in [-0.05, 0) is 31.4 Å². The number of hydrogen-bond donors (Lipinski definition) is 3. The summed E-state index contributed by atoms with van der Waals surface area (Å²) in [4.78, 5) is 34.1. The topological polar surface area (TPSA) is 90.6 Å². The van der Waals surface area contributed by atoms with Gasteiger partial charge in [-0.1, -0.05) is 0 Å². The summed E-state index contributed by atoms with van der Waals surface area (Å²) >= 11 is 0. The van der Waals surface area contributed by atoms with Gasteiger partial charge in [0.05, 0.1) is 5.69 Å². The van der Waals surface area contributed by atoms with Crippen LogP contribution >= 0.6 is 0 Å². The van der Waals surface area contributed by atoms with E-state index in [2.05, 4.69) is 20.3 Å². The summed E-state index contributed by atoms with van der Waals surface area (Å²) in [5.41, 5.74) is 1.19. The summed E-state index contributed by atoms with van der Waals surface area (Å²) < 4.78 is 0. The van der Waals surface area contributed by atoms with Crippen LogP contribution in [0.15, 0.2) is 23.3 Å². The summed E-state index contributed by atoms with van der Waals surface area (Å²) in [6, 6.07) is 1.87. The average Bonchev–Trinajstić information content (AvgIpc) is 3.13. The van der Waals surface area contributed by atoms with Crippen LogP contribution in [0.25, 0.3) is 0 Å². The van der Waals surface area contributed by atoms with E-state index in [1.807, 2.05) is 6.07 Å². The molecule has 0 saturated heterocycles. The summed E-state index contributed by atoms with van der Waals surface area (Å²) in [7, 11) is 0. The van der Waals surface area contributed by atoms with Crippen LogP contribution in [0.3, 0.4) is 0 Å². The van der Waals surface area contributed by atoms with Gasteiger partial charge >= 0.3 is 0 Å². The van der Waals surface area contributed by atoms with Crippen molar-refractivity contribution in [3.05, 3.63) is 51.5 Å². The van der Waals surface area contributed by atoms with Crippen molar-refractivity contribution in [3.63, 3.8) is 0 Å². The van der Waals surface area contributed by atoms with Crippen molar-refractivity contribution >= 4 is 5.91 Å². The van der Waals surface area contributed by atoms with E-state index in [0.29, 0.717) is 24.0 Å². The molecule has 0 aromatic carbocycles. The number of carbonyl (C=O) groups is 1. The summed E-state index contributed by atoms with van der Waals surface area (Å²) in [5.74, 6) is 0.674. The zero-order chi connectivity index (χ0) is 14.1. The summed E-state index contributed by atoms with van der Waals surface area (Å²) in [6.45, 7) is 2.08. The molecule has 1 aliphatic rings. The number of aromatic amines is 2. The number of carbonyl (C=O) groups excluding carboxylic acids is 1. The zero-order valence-electron chi connectivity index (χ0n) is 11.2. The molecule has 1 fully saturated rings. The van der Waals surface area contributed by atoms with E-state index in [4.69, 9.17) is 0 Å². The third-order valence-corrected chi connectivity index (χ3v) is 3.43. The van der Waals surface area contributed by atoms with Gasteiger partial charge in [0, 0.05) is 24.9 Å². The summed E-state index contributed by atoms with van der Waals surface area (Å²) in [5, 5.41) is 2.73. The molecule has 6 nitrogen and oxygen atoms in total. The number of aromatic nitrogens is 3. The number of nitrogens with one attached hydrogen (secondary N) is 3. The Labute approximate surface area is 115 Å². The van der Waals surface area contributed by atoms with E-state index in [-0.39, 0.29) is 17.0 Å². The van der Waals surface area contributed by atoms with Crippen LogP contribution in [0.5, 0.6) is 0 Å². The Morgan fingerprint density at radius 2 is 2.30 bits per heavy atom. The highest BCUT2D eigenvalue weighted by Gasteiger charge is 2.27. The fraction of sp³-hybridized carbons (Fsp3) is 0.357. The molecule has 2 aromatic rings. The van der Waals surface area contributed by atoms with Gasteiger partial charge in [-0.2, -0.15) is 0 Å². The van der Waals surface area contributed by atoms with Crippen LogP contribution in [0, 0.1) is 6.92 Å². The van der Waals surface area contributed by atoms with Crippen molar-refractivity contribution in [2.45, 2.75) is 32.2 Å². The van der Waals surface area contributed by atoms with Crippen molar-refractivity contribution in [3.8, 4) is 0 Å². The van der Waals surface area contributed by atoms with Crippen molar-refractivity contribution < 1.29 is 4.79 Å². The highest BCUT2D eigenvalue weighted by atomic mass is 16.2. The lowest BCUT2D eigenvalue weighted by Crippen LogP contribution is -2.31. The first kappa shape index (κ1) is 12.7. The lowest BCUT2D eigenvalue weighted by molar-refractivity contribution is 0.0948.